The molecule has 0 radical (unpaired) electrons. The number of nitrogens with two attached hydrogens (primary N) is 1. The average molecular weight is 304 g/mol. The molecule has 0 aliphatic rings. The Kier molecular flexibility index (Phi) is 5.27. The van der Waals surface area contributed by atoms with Crippen LogP contribution in [0, 0.1) is 0 Å². The first-order chi connectivity index (χ1) is 7.65. The summed E-state index contributed by atoms with van der Waals surface area (Å²) in [6.45, 7) is 0.694. The minimum Gasteiger partial charge on any atom is -0.368 e. The predicted octanol–water partition coefficient (Wildman–Crippen LogP) is 1.94. The van der Waals surface area contributed by atoms with Crippen molar-refractivity contribution in [3.05, 3.63) is 31.2 Å². The third kappa shape index (κ3) is 3.82. The van der Waals surface area contributed by atoms with Gasteiger partial charge in [0.15, 0.2) is 0 Å². The third-order valence-corrected chi connectivity index (χ3v) is 3.48. The second kappa shape index (κ2) is 6.49. The molecule has 16 heavy (non-hydrogen) atoms. The molecule has 0 saturated carbocycles. The van der Waals surface area contributed by atoms with Crippen LogP contribution < -0.4 is 11.1 Å². The summed E-state index contributed by atoms with van der Waals surface area (Å²) < 4.78 is 0.936. The summed E-state index contributed by atoms with van der Waals surface area (Å²) >= 11 is 4.75. The first-order valence-corrected chi connectivity index (χ1v) is 6.05. The van der Waals surface area contributed by atoms with Gasteiger partial charge in [-0.1, -0.05) is 5.11 Å². The van der Waals surface area contributed by atoms with Crippen LogP contribution in [-0.4, -0.2) is 19.0 Å². The van der Waals surface area contributed by atoms with Gasteiger partial charge in [0.25, 0.3) is 0 Å². The average Bonchev–Trinajstić information content (AvgIpc) is 2.64. The van der Waals surface area contributed by atoms with Gasteiger partial charge in [-0.05, 0) is 33.6 Å². The Morgan fingerprint density at radius 3 is 3.00 bits per heavy atom. The van der Waals surface area contributed by atoms with Crippen LogP contribution in [0.25, 0.3) is 10.4 Å². The maximum Gasteiger partial charge on any atom is 0.239 e. The van der Waals surface area contributed by atoms with Gasteiger partial charge >= 0.3 is 0 Å². The van der Waals surface area contributed by atoms with Crippen molar-refractivity contribution in [1.82, 2.24) is 5.32 Å². The van der Waals surface area contributed by atoms with E-state index in [1.807, 2.05) is 12.1 Å². The molecule has 3 N–H and O–H groups in total. The molecule has 1 aromatic heterocycles. The van der Waals surface area contributed by atoms with Gasteiger partial charge in [0.2, 0.25) is 5.91 Å². The highest BCUT2D eigenvalue weighted by Gasteiger charge is 2.18. The number of thiophene rings is 1. The fourth-order valence-corrected chi connectivity index (χ4v) is 2.64. The Labute approximate surface area is 105 Å². The summed E-state index contributed by atoms with van der Waals surface area (Å²) in [5.74, 6) is -0.449. The van der Waals surface area contributed by atoms with Gasteiger partial charge in [0.05, 0.1) is 3.79 Å². The minimum atomic E-state index is -0.537. The van der Waals surface area contributed by atoms with Gasteiger partial charge in [-0.2, -0.15) is 0 Å². The number of primary amides is 1. The van der Waals surface area contributed by atoms with E-state index in [0.717, 1.165) is 8.66 Å². The van der Waals surface area contributed by atoms with E-state index in [1.165, 1.54) is 11.3 Å². The summed E-state index contributed by atoms with van der Waals surface area (Å²) in [6, 6.07) is 3.14. The highest BCUT2D eigenvalue weighted by atomic mass is 79.9. The standard InChI is InChI=1S/C8H10BrN5OS/c9-6-2-1-5(16-6)7(8(10)15)12-3-4-13-14-11/h1-2,7,12H,3-4H2,(H2,10,15). The van der Waals surface area contributed by atoms with Crippen LogP contribution in [0.1, 0.15) is 10.9 Å². The van der Waals surface area contributed by atoms with E-state index in [0.29, 0.717) is 6.54 Å². The van der Waals surface area contributed by atoms with Gasteiger partial charge in [-0.3, -0.25) is 4.79 Å². The monoisotopic (exact) mass is 303 g/mol. The Morgan fingerprint density at radius 1 is 1.75 bits per heavy atom. The lowest BCUT2D eigenvalue weighted by Crippen LogP contribution is -2.34. The van der Waals surface area contributed by atoms with Crippen molar-refractivity contribution in [3.8, 4) is 0 Å². The number of nitrogens with zero attached hydrogens (tertiary/aromatic N) is 3. The van der Waals surface area contributed by atoms with E-state index < -0.39 is 11.9 Å². The fraction of sp³-hybridized carbons (Fsp3) is 0.375. The second-order valence-electron chi connectivity index (χ2n) is 2.89. The van der Waals surface area contributed by atoms with Crippen molar-refractivity contribution in [3.63, 3.8) is 0 Å². The Morgan fingerprint density at radius 2 is 2.50 bits per heavy atom. The molecule has 0 aromatic carbocycles. The summed E-state index contributed by atoms with van der Waals surface area (Å²) in [5, 5.41) is 6.30. The van der Waals surface area contributed by atoms with Crippen LogP contribution in [0.15, 0.2) is 21.0 Å². The molecule has 0 saturated heterocycles. The number of halogens is 1. The first-order valence-electron chi connectivity index (χ1n) is 4.44. The number of nitrogens with one attached hydrogen (secondary N) is 1. The van der Waals surface area contributed by atoms with Crippen molar-refractivity contribution in [2.45, 2.75) is 6.04 Å². The summed E-state index contributed by atoms with van der Waals surface area (Å²) in [6.07, 6.45) is 0. The maximum atomic E-state index is 11.2. The predicted molar refractivity (Wildman–Crippen MR) is 66.0 cm³/mol. The number of amides is 1. The molecule has 0 aliphatic heterocycles. The van der Waals surface area contributed by atoms with Gasteiger partial charge < -0.3 is 11.1 Å². The zero-order valence-electron chi connectivity index (χ0n) is 8.26. The second-order valence-corrected chi connectivity index (χ2v) is 5.38. The molecule has 1 atom stereocenters. The van der Waals surface area contributed by atoms with Crippen molar-refractivity contribution >= 4 is 33.2 Å². The quantitative estimate of drug-likeness (QED) is 0.363. The normalized spacial score (nSPS) is 11.8. The van der Waals surface area contributed by atoms with Gasteiger partial charge in [-0.25, -0.2) is 0 Å². The molecular formula is C8H10BrN5OS. The molecule has 1 aromatic rings. The van der Waals surface area contributed by atoms with Gasteiger partial charge in [0, 0.05) is 22.9 Å². The van der Waals surface area contributed by atoms with Gasteiger partial charge in [0.1, 0.15) is 6.04 Å². The number of carbonyl (C=O) groups excluding carboxylic acids is 1. The third-order valence-electron chi connectivity index (χ3n) is 1.79. The van der Waals surface area contributed by atoms with E-state index >= 15 is 0 Å². The van der Waals surface area contributed by atoms with Crippen LogP contribution in [0.2, 0.25) is 0 Å². The highest BCUT2D eigenvalue weighted by molar-refractivity contribution is 9.11. The molecule has 0 bridgehead atoms. The molecule has 8 heteroatoms. The van der Waals surface area contributed by atoms with E-state index in [2.05, 4.69) is 31.3 Å². The van der Waals surface area contributed by atoms with Crippen LogP contribution >= 0.6 is 27.3 Å². The Balaban J connectivity index is 2.61. The topological polar surface area (TPSA) is 104 Å². The first kappa shape index (κ1) is 13.0. The number of hydrogen-bond acceptors (Lipinski definition) is 4. The van der Waals surface area contributed by atoms with Crippen molar-refractivity contribution < 1.29 is 4.79 Å². The number of azide groups is 1. The molecule has 1 rings (SSSR count). The Hall–Kier alpha value is -1.08. The minimum absolute atomic E-state index is 0.285. The summed E-state index contributed by atoms with van der Waals surface area (Å²) in [5.41, 5.74) is 13.4. The molecule has 1 unspecified atom stereocenters. The van der Waals surface area contributed by atoms with Crippen LogP contribution in [0.5, 0.6) is 0 Å². The lowest BCUT2D eigenvalue weighted by molar-refractivity contribution is -0.120. The van der Waals surface area contributed by atoms with E-state index in [4.69, 9.17) is 11.3 Å². The largest absolute Gasteiger partial charge is 0.368 e. The molecule has 0 fully saturated rings. The molecule has 1 amide bonds. The number of carbonyl (C=O) groups is 1. The van der Waals surface area contributed by atoms with E-state index in [9.17, 15) is 4.79 Å². The zero-order chi connectivity index (χ0) is 12.0. The SMILES string of the molecule is [N-]=[N+]=NCCNC(C(N)=O)c1ccc(Br)s1. The molecule has 0 spiro atoms. The molecule has 0 aliphatic carbocycles. The lowest BCUT2D eigenvalue weighted by atomic mass is 10.2. The number of hydrogen-bond donors (Lipinski definition) is 2. The summed E-state index contributed by atoms with van der Waals surface area (Å²) in [4.78, 5) is 14.7. The summed E-state index contributed by atoms with van der Waals surface area (Å²) in [7, 11) is 0. The molecule has 1 heterocycles. The molecule has 86 valence electrons. The van der Waals surface area contributed by atoms with E-state index in [-0.39, 0.29) is 6.54 Å². The van der Waals surface area contributed by atoms with Crippen LogP contribution in [0.4, 0.5) is 0 Å². The lowest BCUT2D eigenvalue weighted by Gasteiger charge is -2.12. The van der Waals surface area contributed by atoms with Crippen molar-refractivity contribution in [2.24, 2.45) is 10.8 Å². The smallest absolute Gasteiger partial charge is 0.239 e. The fourth-order valence-electron chi connectivity index (χ4n) is 1.13. The van der Waals surface area contributed by atoms with Crippen LogP contribution in [0.3, 0.4) is 0 Å². The van der Waals surface area contributed by atoms with E-state index in [1.54, 1.807) is 0 Å². The maximum absolute atomic E-state index is 11.2. The van der Waals surface area contributed by atoms with Crippen molar-refractivity contribution in [1.29, 1.82) is 0 Å². The van der Waals surface area contributed by atoms with Crippen LogP contribution in [-0.2, 0) is 4.79 Å². The number of rotatable bonds is 6. The molecule has 6 nitrogen and oxygen atoms in total. The zero-order valence-corrected chi connectivity index (χ0v) is 10.7. The van der Waals surface area contributed by atoms with Crippen molar-refractivity contribution in [2.75, 3.05) is 13.1 Å². The Bertz CT molecular complexity index is 414. The highest BCUT2D eigenvalue weighted by Crippen LogP contribution is 2.27. The molecular weight excluding hydrogens is 294 g/mol. The van der Waals surface area contributed by atoms with Gasteiger partial charge in [-0.15, -0.1) is 11.3 Å².